The van der Waals surface area contributed by atoms with Crippen LogP contribution in [0.1, 0.15) is 194 Å². The molecule has 324 valence electrons. The lowest BCUT2D eigenvalue weighted by Crippen LogP contribution is -2.67. The molecule has 56 heavy (non-hydrogen) atoms. The summed E-state index contributed by atoms with van der Waals surface area (Å²) in [6, 6.07) is -1.40. The number of aliphatic hydroxyl groups excluding tert-OH is 1. The van der Waals surface area contributed by atoms with Crippen LogP contribution >= 0.6 is 0 Å². The van der Waals surface area contributed by atoms with Gasteiger partial charge < -0.3 is 39.6 Å². The lowest BCUT2D eigenvalue weighted by atomic mass is 9.95. The number of carbonyl (C=O) groups is 6. The molecule has 0 aromatic rings. The maximum atomic E-state index is 13.3. The Bertz CT molecular complexity index is 1120. The smallest absolute Gasteiger partial charge is 0.308 e. The zero-order chi connectivity index (χ0) is 41.4. The van der Waals surface area contributed by atoms with E-state index in [1.807, 2.05) is 0 Å². The van der Waals surface area contributed by atoms with Crippen molar-refractivity contribution in [3.8, 4) is 0 Å². The molecular formula is C42H73NO13. The number of nitrogens with one attached hydrogen (secondary N) is 1. The second-order valence-corrected chi connectivity index (χ2v) is 15.1. The monoisotopic (exact) mass is 800 g/mol. The number of aliphatic carboxylic acids is 2. The van der Waals surface area contributed by atoms with Crippen molar-refractivity contribution in [3.63, 3.8) is 0 Å². The van der Waals surface area contributed by atoms with Crippen LogP contribution in [0.3, 0.4) is 0 Å². The molecule has 0 spiro atoms. The third-order valence-electron chi connectivity index (χ3n) is 10.0. The second-order valence-electron chi connectivity index (χ2n) is 15.1. The lowest BCUT2D eigenvalue weighted by Gasteiger charge is -2.44. The van der Waals surface area contributed by atoms with Crippen molar-refractivity contribution in [2.75, 3.05) is 6.61 Å². The van der Waals surface area contributed by atoms with Crippen LogP contribution in [0.25, 0.3) is 0 Å². The number of carbonyl (C=O) groups excluding carboxylic acids is 4. The zero-order valence-electron chi connectivity index (χ0n) is 34.3. The highest BCUT2D eigenvalue weighted by Crippen LogP contribution is 2.29. The average molecular weight is 800 g/mol. The zero-order valence-corrected chi connectivity index (χ0v) is 34.3. The molecule has 0 aromatic carbocycles. The fourth-order valence-electron chi connectivity index (χ4n) is 6.76. The molecule has 1 saturated heterocycles. The summed E-state index contributed by atoms with van der Waals surface area (Å²) in [5.74, 6) is -5.55. The van der Waals surface area contributed by atoms with Crippen molar-refractivity contribution < 1.29 is 63.0 Å². The molecule has 0 radical (unpaired) electrons. The summed E-state index contributed by atoms with van der Waals surface area (Å²) in [6.07, 6.45) is 15.8. The van der Waals surface area contributed by atoms with E-state index in [0.717, 1.165) is 51.4 Å². The minimum Gasteiger partial charge on any atom is -0.481 e. The van der Waals surface area contributed by atoms with Gasteiger partial charge in [0.25, 0.3) is 0 Å². The average Bonchev–Trinajstić information content (AvgIpc) is 3.16. The Morgan fingerprint density at radius 3 is 1.29 bits per heavy atom. The van der Waals surface area contributed by atoms with Gasteiger partial charge in [-0.15, -0.1) is 0 Å². The Morgan fingerprint density at radius 1 is 0.482 bits per heavy atom. The molecule has 14 nitrogen and oxygen atoms in total. The molecule has 4 N–H and O–H groups in total. The molecule has 14 heteroatoms. The van der Waals surface area contributed by atoms with Crippen LogP contribution in [0.4, 0.5) is 0 Å². The first-order chi connectivity index (χ1) is 27.0. The molecule has 0 aliphatic carbocycles. The van der Waals surface area contributed by atoms with E-state index in [1.165, 1.54) is 77.0 Å². The summed E-state index contributed by atoms with van der Waals surface area (Å²) >= 11 is 0. The molecule has 0 unspecified atom stereocenters. The molecule has 1 aliphatic rings. The van der Waals surface area contributed by atoms with Crippen LogP contribution < -0.4 is 5.32 Å². The number of esters is 3. The minimum absolute atomic E-state index is 0.0142. The van der Waals surface area contributed by atoms with Crippen molar-refractivity contribution in [2.45, 2.75) is 224 Å². The van der Waals surface area contributed by atoms with Gasteiger partial charge in [-0.25, -0.2) is 0 Å². The predicted molar refractivity (Wildman–Crippen MR) is 209 cm³/mol. The van der Waals surface area contributed by atoms with Gasteiger partial charge in [0, 0.05) is 12.8 Å². The fraction of sp³-hybridized carbons (Fsp3) is 0.857. The van der Waals surface area contributed by atoms with Crippen LogP contribution in [0, 0.1) is 0 Å². The molecule has 0 aromatic heterocycles. The number of carboxylic acid groups (broad SMARTS) is 2. The normalized spacial score (nSPS) is 19.2. The largest absolute Gasteiger partial charge is 0.481 e. The summed E-state index contributed by atoms with van der Waals surface area (Å²) in [7, 11) is 0. The lowest BCUT2D eigenvalue weighted by molar-refractivity contribution is -0.271. The highest BCUT2D eigenvalue weighted by molar-refractivity contribution is 5.78. The Labute approximate surface area is 334 Å². The summed E-state index contributed by atoms with van der Waals surface area (Å²) in [4.78, 5) is 74.4. The van der Waals surface area contributed by atoms with E-state index >= 15 is 0 Å². The van der Waals surface area contributed by atoms with Gasteiger partial charge in [-0.2, -0.15) is 0 Å². The standard InChI is InChI=1S/C42H73NO13/c1-3-5-7-9-11-13-15-17-19-21-23-25-33(45)43-39-41(55-36(50)26-24-22-20-18-16-14-12-10-8-6-4-2)40(54-37(51)29-27-34(46)47)32(31-44)53-42(39)56-38(52)30-28-35(48)49/h32,39-42,44H,3-31H2,1-2H3,(H,43,45)(H,46,47)(H,48,49)/t32-,39-,40-,41-,42+/m1/s1. The number of aliphatic hydroxyl groups is 1. The minimum atomic E-state index is -1.64. The molecular weight excluding hydrogens is 726 g/mol. The number of rotatable bonds is 35. The number of amides is 1. The molecule has 1 rings (SSSR count). The van der Waals surface area contributed by atoms with Gasteiger partial charge in [-0.3, -0.25) is 28.8 Å². The van der Waals surface area contributed by atoms with Crippen molar-refractivity contribution >= 4 is 35.8 Å². The van der Waals surface area contributed by atoms with Crippen LogP contribution in [0.2, 0.25) is 0 Å². The highest BCUT2D eigenvalue weighted by atomic mass is 16.7. The molecule has 5 atom stereocenters. The third kappa shape index (κ3) is 25.1. The van der Waals surface area contributed by atoms with Gasteiger partial charge in [0.15, 0.2) is 12.2 Å². The van der Waals surface area contributed by atoms with Crippen molar-refractivity contribution in [3.05, 3.63) is 0 Å². The topological polar surface area (TPSA) is 212 Å². The molecule has 1 heterocycles. The van der Waals surface area contributed by atoms with Crippen molar-refractivity contribution in [1.82, 2.24) is 5.32 Å². The van der Waals surface area contributed by atoms with Crippen LogP contribution in [-0.4, -0.2) is 88.3 Å². The summed E-state index contributed by atoms with van der Waals surface area (Å²) in [5.41, 5.74) is 0. The van der Waals surface area contributed by atoms with E-state index in [9.17, 15) is 33.9 Å². The van der Waals surface area contributed by atoms with E-state index in [4.69, 9.17) is 29.2 Å². The van der Waals surface area contributed by atoms with Crippen LogP contribution in [0.15, 0.2) is 0 Å². The number of ether oxygens (including phenoxy) is 4. The number of unbranched alkanes of at least 4 members (excludes halogenated alkanes) is 20. The van der Waals surface area contributed by atoms with Gasteiger partial charge in [0.1, 0.15) is 12.1 Å². The van der Waals surface area contributed by atoms with E-state index < -0.39 is 98.7 Å². The van der Waals surface area contributed by atoms with Gasteiger partial charge in [0.05, 0.1) is 32.3 Å². The van der Waals surface area contributed by atoms with Crippen molar-refractivity contribution in [1.29, 1.82) is 0 Å². The van der Waals surface area contributed by atoms with E-state index in [0.29, 0.717) is 12.8 Å². The number of carboxylic acids is 2. The molecule has 1 fully saturated rings. The number of hydrogen-bond acceptors (Lipinski definition) is 11. The van der Waals surface area contributed by atoms with E-state index in [-0.39, 0.29) is 12.8 Å². The van der Waals surface area contributed by atoms with Gasteiger partial charge in [-0.05, 0) is 12.8 Å². The SMILES string of the molecule is CCCCCCCCCCCCCC(=O)N[C@H]1[C@H](OC(=O)CCC(=O)O)O[C@H](CO)[C@@H](OC(=O)CCC(=O)O)[C@@H]1OC(=O)CCCCCCCCCCCCC. The molecule has 1 aliphatic heterocycles. The first-order valence-corrected chi connectivity index (χ1v) is 21.6. The van der Waals surface area contributed by atoms with Crippen LogP contribution in [0.5, 0.6) is 0 Å². The second kappa shape index (κ2) is 32.8. The Kier molecular flexibility index (Phi) is 29.7. The van der Waals surface area contributed by atoms with Crippen LogP contribution in [-0.2, 0) is 47.7 Å². The summed E-state index contributed by atoms with van der Waals surface area (Å²) in [5, 5.41) is 31.2. The Morgan fingerprint density at radius 2 is 0.857 bits per heavy atom. The number of hydrogen-bond donors (Lipinski definition) is 4. The highest BCUT2D eigenvalue weighted by Gasteiger charge is 2.52. The summed E-state index contributed by atoms with van der Waals surface area (Å²) in [6.45, 7) is 3.61. The van der Waals surface area contributed by atoms with E-state index in [2.05, 4.69) is 19.2 Å². The quantitative estimate of drug-likeness (QED) is 0.0275. The van der Waals surface area contributed by atoms with Crippen molar-refractivity contribution in [2.24, 2.45) is 0 Å². The Balaban J connectivity index is 3.02. The van der Waals surface area contributed by atoms with Gasteiger partial charge >= 0.3 is 29.8 Å². The molecule has 0 saturated carbocycles. The maximum absolute atomic E-state index is 13.3. The molecule has 1 amide bonds. The van der Waals surface area contributed by atoms with E-state index in [1.54, 1.807) is 0 Å². The third-order valence-corrected chi connectivity index (χ3v) is 10.0. The molecule has 0 bridgehead atoms. The predicted octanol–water partition coefficient (Wildman–Crippen LogP) is 7.69. The Hall–Kier alpha value is -3.26. The fourth-order valence-corrected chi connectivity index (χ4v) is 6.76. The maximum Gasteiger partial charge on any atom is 0.308 e. The summed E-state index contributed by atoms with van der Waals surface area (Å²) < 4.78 is 22.7. The van der Waals surface area contributed by atoms with Gasteiger partial charge in [0.2, 0.25) is 12.2 Å². The first kappa shape index (κ1) is 50.8. The van der Waals surface area contributed by atoms with Gasteiger partial charge in [-0.1, -0.05) is 142 Å². The first-order valence-electron chi connectivity index (χ1n) is 21.6.